The Morgan fingerprint density at radius 3 is 1.40 bits per heavy atom. The number of fused-ring (bicyclic) bond motifs is 3. The smallest absolute Gasteiger partial charge is 0.0994 e. The molecule has 0 amide bonds. The van der Waals surface area contributed by atoms with Gasteiger partial charge in [0.05, 0.1) is 11.6 Å². The molecule has 0 atom stereocenters. The molecule has 0 fully saturated rings. The number of benzene rings is 9. The van der Waals surface area contributed by atoms with Gasteiger partial charge >= 0.3 is 0 Å². The predicted octanol–water partition coefficient (Wildman–Crippen LogP) is 15.3. The van der Waals surface area contributed by atoms with E-state index in [0.29, 0.717) is 0 Å². The summed E-state index contributed by atoms with van der Waals surface area (Å²) in [7, 11) is 0. The van der Waals surface area contributed by atoms with E-state index >= 15 is 0 Å². The summed E-state index contributed by atoms with van der Waals surface area (Å²) in [5.41, 5.74) is 24.3. The lowest BCUT2D eigenvalue weighted by molar-refractivity contribution is 0.660. The summed E-state index contributed by atoms with van der Waals surface area (Å²) in [5, 5.41) is 10.4. The SMILES string of the molecule is CC1(C)c2ccccc2-c2ccc(N(c3ccc(-c4ccccc4)cc3)c3ccc(-c4ccc(-c5ccc(C#N)c6c5C5c7ccccc7C6c6ccccc65)cc4)cc3)cc21. The maximum absolute atomic E-state index is 10.4. The van der Waals surface area contributed by atoms with Crippen molar-refractivity contribution in [3.63, 3.8) is 0 Å². The van der Waals surface area contributed by atoms with Crippen molar-refractivity contribution in [2.75, 3.05) is 4.90 Å². The summed E-state index contributed by atoms with van der Waals surface area (Å²) in [6, 6.07) is 77.8. The average molecular weight is 791 g/mol. The van der Waals surface area contributed by atoms with Gasteiger partial charge in [0.15, 0.2) is 0 Å². The molecule has 0 spiro atoms. The molecule has 13 rings (SSSR count). The summed E-state index contributed by atoms with van der Waals surface area (Å²) in [4.78, 5) is 2.39. The number of hydrogen-bond donors (Lipinski definition) is 0. The Morgan fingerprint density at radius 2 is 0.823 bits per heavy atom. The molecular weight excluding hydrogens is 749 g/mol. The van der Waals surface area contributed by atoms with Crippen LogP contribution in [0.5, 0.6) is 0 Å². The third-order valence-electron chi connectivity index (χ3n) is 13.9. The van der Waals surface area contributed by atoms with Gasteiger partial charge in [-0.25, -0.2) is 0 Å². The van der Waals surface area contributed by atoms with Crippen molar-refractivity contribution < 1.29 is 0 Å². The second-order valence-corrected chi connectivity index (χ2v) is 17.5. The fourth-order valence-electron chi connectivity index (χ4n) is 11.0. The number of nitriles is 1. The molecule has 0 aliphatic heterocycles. The van der Waals surface area contributed by atoms with E-state index in [2.05, 4.69) is 225 Å². The van der Waals surface area contributed by atoms with E-state index in [0.717, 1.165) is 33.8 Å². The van der Waals surface area contributed by atoms with E-state index in [1.54, 1.807) is 0 Å². The summed E-state index contributed by atoms with van der Waals surface area (Å²) in [5.74, 6) is 0.137. The first-order valence-corrected chi connectivity index (χ1v) is 21.6. The second-order valence-electron chi connectivity index (χ2n) is 17.5. The van der Waals surface area contributed by atoms with Gasteiger partial charge in [-0.3, -0.25) is 0 Å². The first-order valence-electron chi connectivity index (χ1n) is 21.6. The van der Waals surface area contributed by atoms with Crippen LogP contribution in [0.25, 0.3) is 44.5 Å². The highest BCUT2D eigenvalue weighted by Gasteiger charge is 2.43. The van der Waals surface area contributed by atoms with Crippen molar-refractivity contribution >= 4 is 17.1 Å². The fourth-order valence-corrected chi connectivity index (χ4v) is 11.0. The Labute approximate surface area is 363 Å². The molecule has 0 heterocycles. The number of hydrogen-bond acceptors (Lipinski definition) is 2. The third kappa shape index (κ3) is 5.42. The molecule has 9 aromatic carbocycles. The summed E-state index contributed by atoms with van der Waals surface area (Å²) in [6.45, 7) is 4.69. The minimum atomic E-state index is -0.105. The summed E-state index contributed by atoms with van der Waals surface area (Å²) < 4.78 is 0. The first-order chi connectivity index (χ1) is 30.5. The zero-order valence-corrected chi connectivity index (χ0v) is 34.7. The minimum absolute atomic E-state index is 0.0516. The maximum Gasteiger partial charge on any atom is 0.0994 e. The van der Waals surface area contributed by atoms with E-state index in [1.165, 1.54) is 77.9 Å². The Morgan fingerprint density at radius 1 is 0.387 bits per heavy atom. The van der Waals surface area contributed by atoms with E-state index in [1.807, 2.05) is 6.07 Å². The number of anilines is 3. The van der Waals surface area contributed by atoms with Crippen molar-refractivity contribution in [2.24, 2.45) is 0 Å². The Kier molecular flexibility index (Phi) is 8.11. The van der Waals surface area contributed by atoms with Crippen molar-refractivity contribution in [2.45, 2.75) is 31.1 Å². The van der Waals surface area contributed by atoms with Crippen LogP contribution < -0.4 is 4.90 Å². The molecule has 62 heavy (non-hydrogen) atoms. The van der Waals surface area contributed by atoms with E-state index in [9.17, 15) is 5.26 Å². The lowest BCUT2D eigenvalue weighted by Gasteiger charge is -2.43. The molecular formula is C60H42N2. The highest BCUT2D eigenvalue weighted by molar-refractivity contribution is 5.87. The Bertz CT molecular complexity index is 3210. The topological polar surface area (TPSA) is 27.0 Å². The monoisotopic (exact) mass is 790 g/mol. The van der Waals surface area contributed by atoms with Gasteiger partial charge < -0.3 is 4.90 Å². The van der Waals surface area contributed by atoms with Crippen molar-refractivity contribution in [3.05, 3.63) is 256 Å². The molecule has 0 aromatic heterocycles. The molecule has 0 N–H and O–H groups in total. The third-order valence-corrected chi connectivity index (χ3v) is 13.9. The number of nitrogens with zero attached hydrogens (tertiary/aromatic N) is 2. The van der Waals surface area contributed by atoms with Crippen LogP contribution in [-0.2, 0) is 5.41 Å². The van der Waals surface area contributed by atoms with Crippen LogP contribution in [0.3, 0.4) is 0 Å². The zero-order valence-electron chi connectivity index (χ0n) is 34.7. The molecule has 292 valence electrons. The number of rotatable bonds is 6. The van der Waals surface area contributed by atoms with Gasteiger partial charge in [-0.2, -0.15) is 5.26 Å². The highest BCUT2D eigenvalue weighted by atomic mass is 15.1. The Hall–Kier alpha value is -7.73. The van der Waals surface area contributed by atoms with Crippen LogP contribution in [0.1, 0.15) is 75.8 Å². The molecule has 2 nitrogen and oxygen atoms in total. The molecule has 4 aliphatic carbocycles. The molecule has 2 bridgehead atoms. The average Bonchev–Trinajstić information content (AvgIpc) is 3.57. The van der Waals surface area contributed by atoms with Gasteiger partial charge in [0.2, 0.25) is 0 Å². The second kappa shape index (κ2) is 13.9. The first kappa shape index (κ1) is 36.1. The standard InChI is InChI=1S/C60H42N2/c1-60(2)54-19-11-10-14-48(54)49-35-33-46(36-55(49)60)62(44-29-24-40(25-30-44)38-12-4-3-5-13-38)45-31-26-41(27-32-45)39-20-22-42(23-21-39)47-34-28-43(37-61)56-57-50-15-6-8-17-52(50)58(59(47)56)53-18-9-7-16-51(53)57/h3-36,57-58H,1-2H3. The molecule has 4 aliphatic rings. The van der Waals surface area contributed by atoms with Crippen LogP contribution in [0, 0.1) is 11.3 Å². The van der Waals surface area contributed by atoms with E-state index in [-0.39, 0.29) is 17.3 Å². The molecule has 0 unspecified atom stereocenters. The zero-order chi connectivity index (χ0) is 41.5. The normalized spacial score (nSPS) is 15.7. The van der Waals surface area contributed by atoms with E-state index < -0.39 is 0 Å². The van der Waals surface area contributed by atoms with Crippen LogP contribution in [0.15, 0.2) is 206 Å². The Balaban J connectivity index is 0.909. The molecule has 0 saturated heterocycles. The van der Waals surface area contributed by atoms with Crippen LogP contribution in [-0.4, -0.2) is 0 Å². The van der Waals surface area contributed by atoms with Gasteiger partial charge in [0, 0.05) is 34.3 Å². The van der Waals surface area contributed by atoms with Crippen LogP contribution in [0.4, 0.5) is 17.1 Å². The van der Waals surface area contributed by atoms with Gasteiger partial charge in [-0.15, -0.1) is 0 Å². The summed E-state index contributed by atoms with van der Waals surface area (Å²) >= 11 is 0. The van der Waals surface area contributed by atoms with E-state index in [4.69, 9.17) is 0 Å². The lowest BCUT2D eigenvalue weighted by Crippen LogP contribution is -2.29. The summed E-state index contributed by atoms with van der Waals surface area (Å²) in [6.07, 6.45) is 0. The molecule has 0 radical (unpaired) electrons. The van der Waals surface area contributed by atoms with Crippen LogP contribution >= 0.6 is 0 Å². The minimum Gasteiger partial charge on any atom is -0.310 e. The van der Waals surface area contributed by atoms with Gasteiger partial charge in [0.25, 0.3) is 0 Å². The van der Waals surface area contributed by atoms with Gasteiger partial charge in [-0.1, -0.05) is 178 Å². The van der Waals surface area contributed by atoms with Crippen molar-refractivity contribution in [1.29, 1.82) is 5.26 Å². The lowest BCUT2D eigenvalue weighted by atomic mass is 9.59. The largest absolute Gasteiger partial charge is 0.310 e. The van der Waals surface area contributed by atoms with Crippen molar-refractivity contribution in [3.8, 4) is 50.6 Å². The van der Waals surface area contributed by atoms with Crippen LogP contribution in [0.2, 0.25) is 0 Å². The molecule has 9 aromatic rings. The quantitative estimate of drug-likeness (QED) is 0.168. The fraction of sp³-hybridized carbons (Fsp3) is 0.0833. The van der Waals surface area contributed by atoms with Gasteiger partial charge in [0.1, 0.15) is 0 Å². The molecule has 2 heteroatoms. The van der Waals surface area contributed by atoms with Gasteiger partial charge in [-0.05, 0) is 131 Å². The van der Waals surface area contributed by atoms with Crippen molar-refractivity contribution in [1.82, 2.24) is 0 Å². The maximum atomic E-state index is 10.4. The molecule has 0 saturated carbocycles. The predicted molar refractivity (Wildman–Crippen MR) is 254 cm³/mol. The highest BCUT2D eigenvalue weighted by Crippen LogP contribution is 2.58.